The number of hydrogen-bond donors (Lipinski definition) is 2. The first-order chi connectivity index (χ1) is 7.49. The van der Waals surface area contributed by atoms with Crippen molar-refractivity contribution in [2.24, 2.45) is 0 Å². The van der Waals surface area contributed by atoms with Crippen LogP contribution in [-0.4, -0.2) is 32.7 Å². The molecule has 1 aromatic heterocycles. The normalized spacial score (nSPS) is 11.6. The molecule has 0 radical (unpaired) electrons. The minimum atomic E-state index is -3.08. The lowest BCUT2D eigenvalue weighted by Gasteiger charge is -2.07. The monoisotopic (exact) mass is 243 g/mol. The van der Waals surface area contributed by atoms with E-state index in [4.69, 9.17) is 0 Å². The van der Waals surface area contributed by atoms with E-state index in [1.54, 1.807) is 6.20 Å². The SMILES string of the molecule is Cc1ccncc1CNCCNS(C)(=O)=O. The van der Waals surface area contributed by atoms with Crippen LogP contribution in [0, 0.1) is 6.92 Å². The Morgan fingerprint density at radius 1 is 1.38 bits per heavy atom. The van der Waals surface area contributed by atoms with Gasteiger partial charge < -0.3 is 5.32 Å². The second-order valence-corrected chi connectivity index (χ2v) is 5.48. The number of rotatable bonds is 6. The van der Waals surface area contributed by atoms with Gasteiger partial charge in [-0.3, -0.25) is 4.98 Å². The van der Waals surface area contributed by atoms with E-state index in [0.717, 1.165) is 11.8 Å². The molecular formula is C10H17N3O2S. The van der Waals surface area contributed by atoms with Gasteiger partial charge in [0.05, 0.1) is 6.26 Å². The van der Waals surface area contributed by atoms with Crippen molar-refractivity contribution >= 4 is 10.0 Å². The van der Waals surface area contributed by atoms with E-state index in [9.17, 15) is 8.42 Å². The number of nitrogens with one attached hydrogen (secondary N) is 2. The Bertz CT molecular complexity index is 431. The van der Waals surface area contributed by atoms with Crippen LogP contribution in [0.1, 0.15) is 11.1 Å². The molecule has 90 valence electrons. The molecule has 0 saturated carbocycles. The average molecular weight is 243 g/mol. The number of nitrogens with zero attached hydrogens (tertiary/aromatic N) is 1. The van der Waals surface area contributed by atoms with E-state index in [1.807, 2.05) is 19.2 Å². The van der Waals surface area contributed by atoms with Crippen molar-refractivity contribution < 1.29 is 8.42 Å². The first kappa shape index (κ1) is 13.1. The molecule has 1 aromatic rings. The first-order valence-corrected chi connectivity index (χ1v) is 6.93. The molecule has 0 saturated heterocycles. The maximum atomic E-state index is 10.8. The minimum Gasteiger partial charge on any atom is -0.311 e. The molecular weight excluding hydrogens is 226 g/mol. The first-order valence-electron chi connectivity index (χ1n) is 5.04. The summed E-state index contributed by atoms with van der Waals surface area (Å²) in [6.45, 7) is 3.72. The zero-order chi connectivity index (χ0) is 12.0. The van der Waals surface area contributed by atoms with Crippen molar-refractivity contribution in [3.05, 3.63) is 29.6 Å². The number of hydrogen-bond acceptors (Lipinski definition) is 4. The van der Waals surface area contributed by atoms with Crippen LogP contribution >= 0.6 is 0 Å². The van der Waals surface area contributed by atoms with Crippen molar-refractivity contribution in [2.75, 3.05) is 19.3 Å². The van der Waals surface area contributed by atoms with Gasteiger partial charge in [-0.15, -0.1) is 0 Å². The maximum Gasteiger partial charge on any atom is 0.208 e. The summed E-state index contributed by atoms with van der Waals surface area (Å²) in [5.74, 6) is 0. The zero-order valence-electron chi connectivity index (χ0n) is 9.53. The van der Waals surface area contributed by atoms with E-state index >= 15 is 0 Å². The third-order valence-electron chi connectivity index (χ3n) is 2.13. The second-order valence-electron chi connectivity index (χ2n) is 3.65. The van der Waals surface area contributed by atoms with E-state index in [2.05, 4.69) is 15.0 Å². The highest BCUT2D eigenvalue weighted by Gasteiger charge is 1.99. The van der Waals surface area contributed by atoms with Crippen LogP contribution in [0.15, 0.2) is 18.5 Å². The van der Waals surface area contributed by atoms with Gasteiger partial charge in [-0.1, -0.05) is 0 Å². The third-order valence-corrected chi connectivity index (χ3v) is 2.86. The number of pyridine rings is 1. The van der Waals surface area contributed by atoms with E-state index in [-0.39, 0.29) is 0 Å². The molecule has 0 aliphatic carbocycles. The van der Waals surface area contributed by atoms with Crippen LogP contribution in [0.4, 0.5) is 0 Å². The molecule has 6 heteroatoms. The topological polar surface area (TPSA) is 71.1 Å². The van der Waals surface area contributed by atoms with E-state index < -0.39 is 10.0 Å². The van der Waals surface area contributed by atoms with Gasteiger partial charge in [-0.25, -0.2) is 13.1 Å². The highest BCUT2D eigenvalue weighted by Crippen LogP contribution is 2.03. The van der Waals surface area contributed by atoms with Crippen LogP contribution in [0.25, 0.3) is 0 Å². The Morgan fingerprint density at radius 3 is 2.75 bits per heavy atom. The van der Waals surface area contributed by atoms with Crippen molar-refractivity contribution in [1.82, 2.24) is 15.0 Å². The molecule has 0 aliphatic heterocycles. The molecule has 0 bridgehead atoms. The van der Waals surface area contributed by atoms with Gasteiger partial charge in [-0.05, 0) is 24.1 Å². The predicted molar refractivity (Wildman–Crippen MR) is 63.5 cm³/mol. The molecule has 0 fully saturated rings. The average Bonchev–Trinajstić information content (AvgIpc) is 2.18. The lowest BCUT2D eigenvalue weighted by Crippen LogP contribution is -2.30. The summed E-state index contributed by atoms with van der Waals surface area (Å²) in [4.78, 5) is 4.03. The lowest BCUT2D eigenvalue weighted by molar-refractivity contribution is 0.581. The molecule has 0 atom stereocenters. The van der Waals surface area contributed by atoms with Crippen LogP contribution in [0.5, 0.6) is 0 Å². The molecule has 16 heavy (non-hydrogen) atoms. The van der Waals surface area contributed by atoms with E-state index in [0.29, 0.717) is 19.6 Å². The van der Waals surface area contributed by atoms with Crippen molar-refractivity contribution in [1.29, 1.82) is 0 Å². The molecule has 0 aliphatic rings. The molecule has 5 nitrogen and oxygen atoms in total. The Balaban J connectivity index is 2.24. The fraction of sp³-hybridized carbons (Fsp3) is 0.500. The fourth-order valence-corrected chi connectivity index (χ4v) is 1.70. The van der Waals surface area contributed by atoms with Gasteiger partial charge in [0.15, 0.2) is 0 Å². The Hall–Kier alpha value is -0.980. The zero-order valence-corrected chi connectivity index (χ0v) is 10.3. The van der Waals surface area contributed by atoms with Gasteiger partial charge >= 0.3 is 0 Å². The number of aryl methyl sites for hydroxylation is 1. The maximum absolute atomic E-state index is 10.8. The van der Waals surface area contributed by atoms with Gasteiger partial charge in [-0.2, -0.15) is 0 Å². The number of aromatic nitrogens is 1. The fourth-order valence-electron chi connectivity index (χ4n) is 1.23. The van der Waals surface area contributed by atoms with Crippen LogP contribution in [0.3, 0.4) is 0 Å². The summed E-state index contributed by atoms with van der Waals surface area (Å²) in [7, 11) is -3.08. The summed E-state index contributed by atoms with van der Waals surface area (Å²) >= 11 is 0. The molecule has 2 N–H and O–H groups in total. The van der Waals surface area contributed by atoms with Crippen LogP contribution < -0.4 is 10.0 Å². The second kappa shape index (κ2) is 5.93. The quantitative estimate of drug-likeness (QED) is 0.691. The molecule has 1 rings (SSSR count). The predicted octanol–water partition coefficient (Wildman–Crippen LogP) is 0.0288. The van der Waals surface area contributed by atoms with Crippen LogP contribution in [-0.2, 0) is 16.6 Å². The van der Waals surface area contributed by atoms with Gasteiger partial charge in [0.25, 0.3) is 0 Å². The summed E-state index contributed by atoms with van der Waals surface area (Å²) < 4.78 is 24.0. The summed E-state index contributed by atoms with van der Waals surface area (Å²) in [5.41, 5.74) is 2.31. The summed E-state index contributed by atoms with van der Waals surface area (Å²) in [6, 6.07) is 1.95. The standard InChI is InChI=1S/C10H17N3O2S/c1-9-3-4-11-7-10(9)8-12-5-6-13-16(2,14)15/h3-4,7,12-13H,5-6,8H2,1-2H3. The van der Waals surface area contributed by atoms with Crippen LogP contribution in [0.2, 0.25) is 0 Å². The van der Waals surface area contributed by atoms with Gasteiger partial charge in [0.2, 0.25) is 10.0 Å². The largest absolute Gasteiger partial charge is 0.311 e. The number of sulfonamides is 1. The Labute approximate surface area is 96.3 Å². The third kappa shape index (κ3) is 5.20. The molecule has 0 aromatic carbocycles. The van der Waals surface area contributed by atoms with Gasteiger partial charge in [0.1, 0.15) is 0 Å². The Morgan fingerprint density at radius 2 is 2.12 bits per heavy atom. The van der Waals surface area contributed by atoms with E-state index in [1.165, 1.54) is 5.56 Å². The van der Waals surface area contributed by atoms with Crippen molar-refractivity contribution in [3.8, 4) is 0 Å². The molecule has 0 amide bonds. The molecule has 0 spiro atoms. The minimum absolute atomic E-state index is 0.401. The highest BCUT2D eigenvalue weighted by atomic mass is 32.2. The van der Waals surface area contributed by atoms with Crippen molar-refractivity contribution in [2.45, 2.75) is 13.5 Å². The Kier molecular flexibility index (Phi) is 4.85. The summed E-state index contributed by atoms with van der Waals surface area (Å²) in [5, 5.41) is 3.15. The molecule has 0 unspecified atom stereocenters. The van der Waals surface area contributed by atoms with Gasteiger partial charge in [0, 0.05) is 32.0 Å². The highest BCUT2D eigenvalue weighted by molar-refractivity contribution is 7.88. The summed E-state index contributed by atoms with van der Waals surface area (Å²) in [6.07, 6.45) is 4.72. The lowest BCUT2D eigenvalue weighted by atomic mass is 10.2. The van der Waals surface area contributed by atoms with Crippen molar-refractivity contribution in [3.63, 3.8) is 0 Å². The smallest absolute Gasteiger partial charge is 0.208 e. The molecule has 1 heterocycles.